The topological polar surface area (TPSA) is 84.9 Å². The van der Waals surface area contributed by atoms with Gasteiger partial charge in [0.15, 0.2) is 0 Å². The van der Waals surface area contributed by atoms with Gasteiger partial charge in [0.25, 0.3) is 5.91 Å². The number of carbonyl (C=O) groups is 1. The molecule has 1 fully saturated rings. The van der Waals surface area contributed by atoms with E-state index in [9.17, 15) is 13.2 Å². The second-order valence-electron chi connectivity index (χ2n) is 6.95. The molecule has 0 aliphatic carbocycles. The van der Waals surface area contributed by atoms with E-state index in [0.717, 1.165) is 18.4 Å². The van der Waals surface area contributed by atoms with E-state index in [4.69, 9.17) is 9.47 Å². The summed E-state index contributed by atoms with van der Waals surface area (Å²) >= 11 is 0. The van der Waals surface area contributed by atoms with Gasteiger partial charge in [-0.3, -0.25) is 4.79 Å². The predicted molar refractivity (Wildman–Crippen MR) is 116 cm³/mol. The van der Waals surface area contributed by atoms with E-state index in [2.05, 4.69) is 11.9 Å². The zero-order valence-electron chi connectivity index (χ0n) is 17.2. The van der Waals surface area contributed by atoms with E-state index in [1.165, 1.54) is 23.5 Å². The molecule has 1 N–H and O–H groups in total. The Morgan fingerprint density at radius 1 is 1.10 bits per heavy atom. The fraction of sp³-hybridized carbons (Fsp3) is 0.318. The largest absolute Gasteiger partial charge is 0.496 e. The summed E-state index contributed by atoms with van der Waals surface area (Å²) in [7, 11) is -0.575. The number of amides is 1. The molecule has 1 amide bonds. The van der Waals surface area contributed by atoms with Crippen molar-refractivity contribution in [2.24, 2.45) is 0 Å². The second kappa shape index (κ2) is 9.32. The number of sulfonamides is 1. The molecule has 0 radical (unpaired) electrons. The smallest absolute Gasteiger partial charge is 0.255 e. The number of methoxy groups -OCH3 is 2. The van der Waals surface area contributed by atoms with Gasteiger partial charge in [0.05, 0.1) is 24.8 Å². The SMILES string of the molecule is C=CCc1cc(C(=O)Nc2cc(S(=O)(=O)N3CCCC3)ccc2OC)ccc1OC. The Bertz CT molecular complexity index is 1040. The molecule has 0 unspecified atom stereocenters. The molecule has 30 heavy (non-hydrogen) atoms. The monoisotopic (exact) mass is 430 g/mol. The summed E-state index contributed by atoms with van der Waals surface area (Å²) in [6, 6.07) is 9.59. The van der Waals surface area contributed by atoms with Gasteiger partial charge < -0.3 is 14.8 Å². The Balaban J connectivity index is 1.91. The average Bonchev–Trinajstić information content (AvgIpc) is 3.29. The summed E-state index contributed by atoms with van der Waals surface area (Å²) in [5.41, 5.74) is 1.55. The highest BCUT2D eigenvalue weighted by Crippen LogP contribution is 2.31. The van der Waals surface area contributed by atoms with Crippen LogP contribution in [0, 0.1) is 0 Å². The molecular weight excluding hydrogens is 404 g/mol. The third kappa shape index (κ3) is 4.49. The first kappa shape index (κ1) is 21.9. The molecule has 7 nitrogen and oxygen atoms in total. The minimum atomic E-state index is -3.61. The molecule has 1 heterocycles. The van der Waals surface area contributed by atoms with Crippen LogP contribution >= 0.6 is 0 Å². The van der Waals surface area contributed by atoms with Crippen LogP contribution in [0.4, 0.5) is 5.69 Å². The van der Waals surface area contributed by atoms with E-state index in [1.807, 2.05) is 0 Å². The lowest BCUT2D eigenvalue weighted by Gasteiger charge is -2.17. The Hall–Kier alpha value is -2.84. The van der Waals surface area contributed by atoms with Crippen molar-refractivity contribution in [1.82, 2.24) is 4.31 Å². The number of anilines is 1. The summed E-state index contributed by atoms with van der Waals surface area (Å²) in [5.74, 6) is 0.670. The molecule has 3 rings (SSSR count). The molecule has 2 aromatic carbocycles. The molecule has 1 aliphatic rings. The standard InChI is InChI=1S/C22H26N2O5S/c1-4-7-16-14-17(8-10-20(16)28-2)22(25)23-19-15-18(9-11-21(19)29-3)30(26,27)24-12-5-6-13-24/h4,8-11,14-15H,1,5-7,12-13H2,2-3H3,(H,23,25). The number of hydrogen-bond donors (Lipinski definition) is 1. The maximum atomic E-state index is 12.9. The molecule has 0 bridgehead atoms. The summed E-state index contributed by atoms with van der Waals surface area (Å²) in [6.07, 6.45) is 3.99. The van der Waals surface area contributed by atoms with Crippen molar-refractivity contribution in [3.63, 3.8) is 0 Å². The first-order chi connectivity index (χ1) is 14.4. The van der Waals surface area contributed by atoms with Crippen molar-refractivity contribution < 1.29 is 22.7 Å². The first-order valence-electron chi connectivity index (χ1n) is 9.68. The number of nitrogens with zero attached hydrogens (tertiary/aromatic N) is 1. The van der Waals surface area contributed by atoms with Gasteiger partial charge in [-0.1, -0.05) is 6.08 Å². The average molecular weight is 431 g/mol. The number of nitrogens with one attached hydrogen (secondary N) is 1. The zero-order chi connectivity index (χ0) is 21.7. The number of rotatable bonds is 8. The molecule has 8 heteroatoms. The van der Waals surface area contributed by atoms with Gasteiger partial charge in [-0.05, 0) is 61.2 Å². The fourth-order valence-corrected chi connectivity index (χ4v) is 5.00. The van der Waals surface area contributed by atoms with Crippen LogP contribution in [0.25, 0.3) is 0 Å². The van der Waals surface area contributed by atoms with Gasteiger partial charge in [-0.15, -0.1) is 6.58 Å². The maximum absolute atomic E-state index is 12.9. The van der Waals surface area contributed by atoms with E-state index in [0.29, 0.717) is 42.3 Å². The lowest BCUT2D eigenvalue weighted by atomic mass is 10.1. The molecule has 2 aromatic rings. The van der Waals surface area contributed by atoms with Crippen molar-refractivity contribution in [3.8, 4) is 11.5 Å². The molecule has 0 aromatic heterocycles. The highest BCUT2D eigenvalue weighted by molar-refractivity contribution is 7.89. The van der Waals surface area contributed by atoms with Crippen LogP contribution in [-0.4, -0.2) is 45.9 Å². The van der Waals surface area contributed by atoms with Crippen LogP contribution in [0.2, 0.25) is 0 Å². The molecule has 0 saturated carbocycles. The summed E-state index contributed by atoms with van der Waals surface area (Å²) < 4.78 is 37.9. The highest BCUT2D eigenvalue weighted by atomic mass is 32.2. The summed E-state index contributed by atoms with van der Waals surface area (Å²) in [5, 5.41) is 2.77. The molecule has 1 saturated heterocycles. The Morgan fingerprint density at radius 3 is 2.40 bits per heavy atom. The normalized spacial score (nSPS) is 14.3. The van der Waals surface area contributed by atoms with Gasteiger partial charge in [0.2, 0.25) is 10.0 Å². The Labute approximate surface area is 177 Å². The lowest BCUT2D eigenvalue weighted by Crippen LogP contribution is -2.28. The highest BCUT2D eigenvalue weighted by Gasteiger charge is 2.28. The van der Waals surface area contributed by atoms with Crippen molar-refractivity contribution in [3.05, 3.63) is 60.2 Å². The molecule has 0 atom stereocenters. The minimum absolute atomic E-state index is 0.127. The van der Waals surface area contributed by atoms with Crippen LogP contribution in [0.3, 0.4) is 0 Å². The zero-order valence-corrected chi connectivity index (χ0v) is 18.0. The van der Waals surface area contributed by atoms with E-state index in [-0.39, 0.29) is 10.8 Å². The molecule has 0 spiro atoms. The van der Waals surface area contributed by atoms with Crippen LogP contribution < -0.4 is 14.8 Å². The lowest BCUT2D eigenvalue weighted by molar-refractivity contribution is 0.102. The van der Waals surface area contributed by atoms with Crippen LogP contribution in [-0.2, 0) is 16.4 Å². The number of carbonyl (C=O) groups excluding carboxylic acids is 1. The van der Waals surface area contributed by atoms with Crippen molar-refractivity contribution in [2.45, 2.75) is 24.2 Å². The van der Waals surface area contributed by atoms with E-state index < -0.39 is 10.0 Å². The fourth-order valence-electron chi connectivity index (χ4n) is 3.45. The van der Waals surface area contributed by atoms with Crippen molar-refractivity contribution in [1.29, 1.82) is 0 Å². The minimum Gasteiger partial charge on any atom is -0.496 e. The van der Waals surface area contributed by atoms with Crippen LogP contribution in [0.1, 0.15) is 28.8 Å². The number of benzene rings is 2. The van der Waals surface area contributed by atoms with E-state index >= 15 is 0 Å². The molecule has 160 valence electrons. The van der Waals surface area contributed by atoms with Crippen LogP contribution in [0.15, 0.2) is 53.9 Å². The van der Waals surface area contributed by atoms with Gasteiger partial charge in [-0.25, -0.2) is 8.42 Å². The van der Waals surface area contributed by atoms with Gasteiger partial charge in [0.1, 0.15) is 11.5 Å². The maximum Gasteiger partial charge on any atom is 0.255 e. The first-order valence-corrected chi connectivity index (χ1v) is 11.1. The molecule has 1 aliphatic heterocycles. The summed E-state index contributed by atoms with van der Waals surface area (Å²) in [4.78, 5) is 13.0. The van der Waals surface area contributed by atoms with Crippen molar-refractivity contribution in [2.75, 3.05) is 32.6 Å². The van der Waals surface area contributed by atoms with Gasteiger partial charge >= 0.3 is 0 Å². The third-order valence-corrected chi connectivity index (χ3v) is 6.92. The predicted octanol–water partition coefficient (Wildman–Crippen LogP) is 3.47. The van der Waals surface area contributed by atoms with Crippen molar-refractivity contribution >= 4 is 21.6 Å². The molecular formula is C22H26N2O5S. The third-order valence-electron chi connectivity index (χ3n) is 5.03. The second-order valence-corrected chi connectivity index (χ2v) is 8.88. The van der Waals surface area contributed by atoms with Gasteiger partial charge in [-0.2, -0.15) is 4.31 Å². The number of hydrogen-bond acceptors (Lipinski definition) is 5. The quantitative estimate of drug-likeness (QED) is 0.648. The van der Waals surface area contributed by atoms with E-state index in [1.54, 1.807) is 37.5 Å². The summed E-state index contributed by atoms with van der Waals surface area (Å²) in [6.45, 7) is 4.74. The number of allylic oxidation sites excluding steroid dienone is 1. The Kier molecular flexibility index (Phi) is 6.79. The number of ether oxygens (including phenoxy) is 2. The van der Waals surface area contributed by atoms with Crippen LogP contribution in [0.5, 0.6) is 11.5 Å². The van der Waals surface area contributed by atoms with Gasteiger partial charge in [0, 0.05) is 18.7 Å². The Morgan fingerprint density at radius 2 is 1.77 bits per heavy atom.